The van der Waals surface area contributed by atoms with Crippen LogP contribution in [-0.2, 0) is 0 Å². The van der Waals surface area contributed by atoms with Crippen LogP contribution >= 0.6 is 0 Å². The summed E-state index contributed by atoms with van der Waals surface area (Å²) < 4.78 is 2.91. The predicted octanol–water partition coefficient (Wildman–Crippen LogP) is 5.06. The van der Waals surface area contributed by atoms with Crippen molar-refractivity contribution in [3.63, 3.8) is 0 Å². The molecule has 0 unspecified atom stereocenters. The SMILES string of the molecule is C=C(CCCCCCCCCC)[Se]c1ccccc1. The zero-order valence-corrected chi connectivity index (χ0v) is 14.1. The Kier molecular flexibility index (Phi) is 9.85. The molecule has 0 aliphatic carbocycles. The number of allylic oxidation sites excluding steroid dienone is 1. The molecule has 1 aromatic rings. The topological polar surface area (TPSA) is 0 Å². The van der Waals surface area contributed by atoms with Crippen molar-refractivity contribution in [2.75, 3.05) is 0 Å². The van der Waals surface area contributed by atoms with E-state index in [-0.39, 0.29) is 0 Å². The fourth-order valence-electron chi connectivity index (χ4n) is 2.16. The number of hydrogen-bond acceptors (Lipinski definition) is 0. The molecule has 0 heterocycles. The fourth-order valence-corrected chi connectivity index (χ4v) is 3.99. The van der Waals surface area contributed by atoms with E-state index < -0.39 is 0 Å². The molecule has 0 atom stereocenters. The van der Waals surface area contributed by atoms with Gasteiger partial charge in [0, 0.05) is 0 Å². The Bertz CT molecular complexity index is 329. The van der Waals surface area contributed by atoms with Crippen LogP contribution in [0.3, 0.4) is 0 Å². The summed E-state index contributed by atoms with van der Waals surface area (Å²) in [7, 11) is 0. The molecule has 0 aliphatic rings. The summed E-state index contributed by atoms with van der Waals surface area (Å²) in [6, 6.07) is 10.8. The third-order valence-electron chi connectivity index (χ3n) is 3.31. The average Bonchev–Trinajstić information content (AvgIpc) is 2.43. The molecule has 0 aromatic heterocycles. The standard InChI is InChI=1S/C18H28Se/c1-3-4-5-6-7-8-9-11-14-17(2)19-18-15-12-10-13-16-18/h10,12-13,15-16H,2-9,11,14H2,1H3. The number of hydrogen-bond donors (Lipinski definition) is 0. The molecule has 0 amide bonds. The first-order chi connectivity index (χ1) is 9.33. The maximum absolute atomic E-state index is 4.24. The van der Waals surface area contributed by atoms with Gasteiger partial charge >= 0.3 is 126 Å². The van der Waals surface area contributed by atoms with Crippen LogP contribution in [0.15, 0.2) is 41.4 Å². The summed E-state index contributed by atoms with van der Waals surface area (Å²) in [5.41, 5.74) is 0. The molecule has 0 fully saturated rings. The molecule has 0 saturated carbocycles. The van der Waals surface area contributed by atoms with Crippen LogP contribution in [0.4, 0.5) is 0 Å². The van der Waals surface area contributed by atoms with Crippen LogP contribution in [-0.4, -0.2) is 15.0 Å². The van der Waals surface area contributed by atoms with Crippen molar-refractivity contribution in [3.05, 3.63) is 41.4 Å². The minimum absolute atomic E-state index is 0.475. The van der Waals surface area contributed by atoms with Gasteiger partial charge in [-0.25, -0.2) is 0 Å². The first-order valence-electron chi connectivity index (χ1n) is 7.73. The molecule has 0 radical (unpaired) electrons. The van der Waals surface area contributed by atoms with E-state index in [9.17, 15) is 0 Å². The van der Waals surface area contributed by atoms with Gasteiger partial charge in [-0.1, -0.05) is 0 Å². The Morgan fingerprint density at radius 2 is 1.47 bits per heavy atom. The normalized spacial score (nSPS) is 10.6. The van der Waals surface area contributed by atoms with Gasteiger partial charge in [0.15, 0.2) is 0 Å². The molecular weight excluding hydrogens is 295 g/mol. The molecule has 0 bridgehead atoms. The summed E-state index contributed by atoms with van der Waals surface area (Å²) in [5.74, 6) is 0. The first-order valence-corrected chi connectivity index (χ1v) is 9.45. The second-order valence-electron chi connectivity index (χ2n) is 5.18. The molecule has 1 rings (SSSR count). The van der Waals surface area contributed by atoms with Crippen molar-refractivity contribution in [2.24, 2.45) is 0 Å². The molecule has 0 N–H and O–H groups in total. The van der Waals surface area contributed by atoms with E-state index in [0.29, 0.717) is 15.0 Å². The van der Waals surface area contributed by atoms with Crippen molar-refractivity contribution in [1.29, 1.82) is 0 Å². The van der Waals surface area contributed by atoms with Crippen molar-refractivity contribution in [1.82, 2.24) is 0 Å². The van der Waals surface area contributed by atoms with Gasteiger partial charge in [-0.05, 0) is 0 Å². The second kappa shape index (κ2) is 11.3. The van der Waals surface area contributed by atoms with E-state index >= 15 is 0 Å². The van der Waals surface area contributed by atoms with Crippen molar-refractivity contribution in [2.45, 2.75) is 64.7 Å². The van der Waals surface area contributed by atoms with Crippen molar-refractivity contribution < 1.29 is 0 Å². The molecule has 1 aromatic carbocycles. The van der Waals surface area contributed by atoms with Crippen LogP contribution < -0.4 is 4.46 Å². The Labute approximate surface area is 125 Å². The van der Waals surface area contributed by atoms with E-state index in [1.165, 1.54) is 66.7 Å². The number of benzene rings is 1. The predicted molar refractivity (Wildman–Crippen MR) is 88.2 cm³/mol. The number of unbranched alkanes of at least 4 members (excludes halogenated alkanes) is 7. The first kappa shape index (κ1) is 16.5. The molecule has 1 heteroatoms. The zero-order valence-electron chi connectivity index (χ0n) is 12.4. The van der Waals surface area contributed by atoms with E-state index in [1.807, 2.05) is 0 Å². The Balaban J connectivity index is 1.96. The minimum atomic E-state index is 0.475. The summed E-state index contributed by atoms with van der Waals surface area (Å²) in [6.45, 7) is 6.51. The van der Waals surface area contributed by atoms with Crippen LogP contribution in [0.1, 0.15) is 64.7 Å². The third kappa shape index (κ3) is 9.08. The maximum atomic E-state index is 4.24. The van der Waals surface area contributed by atoms with Crippen molar-refractivity contribution >= 4 is 19.4 Å². The second-order valence-corrected chi connectivity index (χ2v) is 7.81. The summed E-state index contributed by atoms with van der Waals surface area (Å²) in [4.78, 5) is 0. The van der Waals surface area contributed by atoms with E-state index in [1.54, 1.807) is 0 Å². The van der Waals surface area contributed by atoms with E-state index in [4.69, 9.17) is 0 Å². The monoisotopic (exact) mass is 324 g/mol. The van der Waals surface area contributed by atoms with Crippen molar-refractivity contribution in [3.8, 4) is 0 Å². The summed E-state index contributed by atoms with van der Waals surface area (Å²) in [6.07, 6.45) is 12.4. The molecule has 0 aliphatic heterocycles. The van der Waals surface area contributed by atoms with Gasteiger partial charge in [-0.3, -0.25) is 0 Å². The fraction of sp³-hybridized carbons (Fsp3) is 0.556. The molecule has 19 heavy (non-hydrogen) atoms. The van der Waals surface area contributed by atoms with Gasteiger partial charge in [0.25, 0.3) is 0 Å². The van der Waals surface area contributed by atoms with Crippen LogP contribution in [0.2, 0.25) is 0 Å². The van der Waals surface area contributed by atoms with Crippen LogP contribution in [0.25, 0.3) is 0 Å². The van der Waals surface area contributed by atoms with E-state index in [2.05, 4.69) is 43.8 Å². The number of rotatable bonds is 11. The Hall–Kier alpha value is -0.521. The Morgan fingerprint density at radius 3 is 2.11 bits per heavy atom. The van der Waals surface area contributed by atoms with Crippen LogP contribution in [0, 0.1) is 0 Å². The van der Waals surface area contributed by atoms with Gasteiger partial charge in [0.1, 0.15) is 0 Å². The van der Waals surface area contributed by atoms with Gasteiger partial charge in [-0.15, -0.1) is 0 Å². The van der Waals surface area contributed by atoms with Gasteiger partial charge in [0.05, 0.1) is 0 Å². The molecule has 0 spiro atoms. The Morgan fingerprint density at radius 1 is 0.895 bits per heavy atom. The van der Waals surface area contributed by atoms with Gasteiger partial charge in [0.2, 0.25) is 0 Å². The summed E-state index contributed by atoms with van der Waals surface area (Å²) >= 11 is 0.475. The molecule has 0 saturated heterocycles. The van der Waals surface area contributed by atoms with Crippen LogP contribution in [0.5, 0.6) is 0 Å². The third-order valence-corrected chi connectivity index (χ3v) is 5.41. The average molecular weight is 323 g/mol. The van der Waals surface area contributed by atoms with Gasteiger partial charge < -0.3 is 0 Å². The molecule has 0 nitrogen and oxygen atoms in total. The van der Waals surface area contributed by atoms with Gasteiger partial charge in [-0.2, -0.15) is 0 Å². The van der Waals surface area contributed by atoms with E-state index in [0.717, 1.165) is 0 Å². The molecular formula is C18H28Se. The quantitative estimate of drug-likeness (QED) is 0.394. The molecule has 106 valence electrons. The zero-order chi connectivity index (χ0) is 13.8. The summed E-state index contributed by atoms with van der Waals surface area (Å²) in [5, 5.41) is 0.